The second-order valence-corrected chi connectivity index (χ2v) is 6.48. The van der Waals surface area contributed by atoms with Crippen LogP contribution in [-0.4, -0.2) is 45.6 Å². The van der Waals surface area contributed by atoms with Crippen molar-refractivity contribution in [3.8, 4) is 0 Å². The fourth-order valence-corrected chi connectivity index (χ4v) is 3.77. The highest BCUT2D eigenvalue weighted by molar-refractivity contribution is 7.99. The number of benzene rings is 1. The molecule has 106 valence electrons. The number of fused-ring (bicyclic) bond motifs is 1. The molecular formula is C14H15ClN2O2S. The van der Waals surface area contributed by atoms with E-state index < -0.39 is 12.0 Å². The number of H-pyrrole nitrogens is 1. The van der Waals surface area contributed by atoms with Gasteiger partial charge in [0.25, 0.3) is 0 Å². The van der Waals surface area contributed by atoms with E-state index in [0.717, 1.165) is 41.1 Å². The third-order valence-electron chi connectivity index (χ3n) is 3.62. The van der Waals surface area contributed by atoms with Gasteiger partial charge in [-0.2, -0.15) is 11.8 Å². The number of carboxylic acids is 1. The molecule has 1 aliphatic heterocycles. The molecule has 0 unspecified atom stereocenters. The summed E-state index contributed by atoms with van der Waals surface area (Å²) < 4.78 is 0. The monoisotopic (exact) mass is 310 g/mol. The van der Waals surface area contributed by atoms with Crippen molar-refractivity contribution in [3.05, 3.63) is 35.0 Å². The minimum Gasteiger partial charge on any atom is -0.480 e. The van der Waals surface area contributed by atoms with Crippen molar-refractivity contribution in [3.63, 3.8) is 0 Å². The standard InChI is InChI=1S/C14H15ClN2O2S/c15-9-1-2-10-11(8-16-12(10)7-9)13(14(18)19)17-3-5-20-6-4-17/h1-2,7-8,13,16H,3-6H2,(H,18,19)/t13-/m1/s1. The number of rotatable bonds is 3. The Morgan fingerprint density at radius 3 is 2.85 bits per heavy atom. The molecule has 1 aliphatic rings. The zero-order chi connectivity index (χ0) is 14.1. The number of thioether (sulfide) groups is 1. The summed E-state index contributed by atoms with van der Waals surface area (Å²) in [6.45, 7) is 1.61. The zero-order valence-corrected chi connectivity index (χ0v) is 12.4. The Hall–Kier alpha value is -1.17. The maximum Gasteiger partial charge on any atom is 0.325 e. The largest absolute Gasteiger partial charge is 0.480 e. The fourth-order valence-electron chi connectivity index (χ4n) is 2.67. The number of carbonyl (C=O) groups is 1. The first-order valence-electron chi connectivity index (χ1n) is 6.48. The number of aromatic amines is 1. The lowest BCUT2D eigenvalue weighted by Gasteiger charge is -2.31. The van der Waals surface area contributed by atoms with Gasteiger partial charge in [0.1, 0.15) is 6.04 Å². The normalized spacial score (nSPS) is 18.2. The molecule has 0 aliphatic carbocycles. The zero-order valence-electron chi connectivity index (χ0n) is 10.8. The van der Waals surface area contributed by atoms with Gasteiger partial charge in [-0.25, -0.2) is 0 Å². The number of nitrogens with one attached hydrogen (secondary N) is 1. The maximum atomic E-state index is 11.7. The third kappa shape index (κ3) is 2.53. The highest BCUT2D eigenvalue weighted by Gasteiger charge is 2.30. The van der Waals surface area contributed by atoms with Crippen LogP contribution in [0.15, 0.2) is 24.4 Å². The van der Waals surface area contributed by atoms with E-state index in [1.807, 2.05) is 28.8 Å². The molecule has 1 aromatic heterocycles. The quantitative estimate of drug-likeness (QED) is 0.915. The van der Waals surface area contributed by atoms with Crippen molar-refractivity contribution in [2.24, 2.45) is 0 Å². The molecule has 3 rings (SSSR count). The Balaban J connectivity index is 2.02. The highest BCUT2D eigenvalue weighted by atomic mass is 35.5. The molecule has 2 heterocycles. The molecule has 1 aromatic carbocycles. The maximum absolute atomic E-state index is 11.7. The van der Waals surface area contributed by atoms with Crippen LogP contribution in [0.5, 0.6) is 0 Å². The topological polar surface area (TPSA) is 56.3 Å². The average molecular weight is 311 g/mol. The number of halogens is 1. The number of hydrogen-bond acceptors (Lipinski definition) is 3. The van der Waals surface area contributed by atoms with Gasteiger partial charge in [-0.1, -0.05) is 17.7 Å². The van der Waals surface area contributed by atoms with Crippen LogP contribution in [0.25, 0.3) is 10.9 Å². The molecule has 6 heteroatoms. The Kier molecular flexibility index (Phi) is 3.92. The van der Waals surface area contributed by atoms with Crippen LogP contribution in [0.3, 0.4) is 0 Å². The van der Waals surface area contributed by atoms with Crippen molar-refractivity contribution in [2.75, 3.05) is 24.6 Å². The van der Waals surface area contributed by atoms with E-state index >= 15 is 0 Å². The predicted molar refractivity (Wildman–Crippen MR) is 82.6 cm³/mol. The SMILES string of the molecule is O=C(O)[C@@H](c1c[nH]c2cc(Cl)ccc12)N1CCSCC1. The molecule has 0 bridgehead atoms. The lowest BCUT2D eigenvalue weighted by atomic mass is 10.0. The van der Waals surface area contributed by atoms with E-state index in [9.17, 15) is 9.90 Å². The van der Waals surface area contributed by atoms with Crippen molar-refractivity contribution >= 4 is 40.2 Å². The molecule has 0 radical (unpaired) electrons. The Morgan fingerprint density at radius 2 is 2.15 bits per heavy atom. The van der Waals surface area contributed by atoms with Gasteiger partial charge in [0.15, 0.2) is 0 Å². The molecule has 1 atom stereocenters. The molecule has 0 spiro atoms. The van der Waals surface area contributed by atoms with Crippen molar-refractivity contribution < 1.29 is 9.90 Å². The summed E-state index contributed by atoms with van der Waals surface area (Å²) in [4.78, 5) is 16.9. The van der Waals surface area contributed by atoms with Gasteiger partial charge >= 0.3 is 5.97 Å². The summed E-state index contributed by atoms with van der Waals surface area (Å²) in [6, 6.07) is 4.92. The van der Waals surface area contributed by atoms with Gasteiger partial charge in [0.2, 0.25) is 0 Å². The summed E-state index contributed by atoms with van der Waals surface area (Å²) in [5.74, 6) is 1.17. The van der Waals surface area contributed by atoms with Crippen LogP contribution < -0.4 is 0 Å². The smallest absolute Gasteiger partial charge is 0.325 e. The van der Waals surface area contributed by atoms with Crippen LogP contribution in [-0.2, 0) is 4.79 Å². The molecule has 4 nitrogen and oxygen atoms in total. The molecule has 0 amide bonds. The van der Waals surface area contributed by atoms with Gasteiger partial charge < -0.3 is 10.1 Å². The van der Waals surface area contributed by atoms with Crippen LogP contribution in [0.4, 0.5) is 0 Å². The molecule has 1 saturated heterocycles. The number of nitrogens with zero attached hydrogens (tertiary/aromatic N) is 1. The Bertz CT molecular complexity index is 637. The first kappa shape index (κ1) is 13.8. The molecular weight excluding hydrogens is 296 g/mol. The van der Waals surface area contributed by atoms with E-state index in [1.54, 1.807) is 12.3 Å². The first-order chi connectivity index (χ1) is 9.66. The van der Waals surface area contributed by atoms with Crippen LogP contribution in [0.1, 0.15) is 11.6 Å². The summed E-state index contributed by atoms with van der Waals surface area (Å²) in [6.07, 6.45) is 1.79. The lowest BCUT2D eigenvalue weighted by Crippen LogP contribution is -2.39. The summed E-state index contributed by atoms with van der Waals surface area (Å²) in [7, 11) is 0. The van der Waals surface area contributed by atoms with Crippen LogP contribution >= 0.6 is 23.4 Å². The summed E-state index contributed by atoms with van der Waals surface area (Å²) in [5.41, 5.74) is 1.70. The molecule has 2 aromatic rings. The number of hydrogen-bond donors (Lipinski definition) is 2. The van der Waals surface area contributed by atoms with Crippen LogP contribution in [0.2, 0.25) is 5.02 Å². The number of aliphatic carboxylic acids is 1. The second-order valence-electron chi connectivity index (χ2n) is 4.82. The van der Waals surface area contributed by atoms with Gasteiger partial charge in [-0.15, -0.1) is 0 Å². The van der Waals surface area contributed by atoms with Crippen molar-refractivity contribution in [2.45, 2.75) is 6.04 Å². The molecule has 0 saturated carbocycles. The molecule has 2 N–H and O–H groups in total. The second kappa shape index (κ2) is 5.68. The molecule has 20 heavy (non-hydrogen) atoms. The van der Waals surface area contributed by atoms with E-state index in [0.29, 0.717) is 5.02 Å². The van der Waals surface area contributed by atoms with E-state index in [-0.39, 0.29) is 0 Å². The Labute approximate surface area is 126 Å². The number of aromatic nitrogens is 1. The Morgan fingerprint density at radius 1 is 1.40 bits per heavy atom. The van der Waals surface area contributed by atoms with Gasteiger partial charge in [-0.3, -0.25) is 9.69 Å². The average Bonchev–Trinajstić information content (AvgIpc) is 2.83. The minimum atomic E-state index is -0.798. The van der Waals surface area contributed by atoms with Crippen LogP contribution in [0, 0.1) is 0 Å². The van der Waals surface area contributed by atoms with E-state index in [4.69, 9.17) is 11.6 Å². The van der Waals surface area contributed by atoms with E-state index in [1.165, 1.54) is 0 Å². The van der Waals surface area contributed by atoms with Crippen molar-refractivity contribution in [1.29, 1.82) is 0 Å². The minimum absolute atomic E-state index is 0.592. The van der Waals surface area contributed by atoms with E-state index in [2.05, 4.69) is 4.98 Å². The fraction of sp³-hybridized carbons (Fsp3) is 0.357. The third-order valence-corrected chi connectivity index (χ3v) is 4.79. The van der Waals surface area contributed by atoms with Gasteiger partial charge in [0, 0.05) is 52.3 Å². The highest BCUT2D eigenvalue weighted by Crippen LogP contribution is 2.31. The summed E-state index contributed by atoms with van der Waals surface area (Å²) in [5, 5.41) is 11.2. The predicted octanol–water partition coefficient (Wildman–Crippen LogP) is 3.00. The summed E-state index contributed by atoms with van der Waals surface area (Å²) >= 11 is 7.84. The van der Waals surface area contributed by atoms with Gasteiger partial charge in [-0.05, 0) is 12.1 Å². The molecule has 1 fully saturated rings. The first-order valence-corrected chi connectivity index (χ1v) is 8.01. The van der Waals surface area contributed by atoms with Crippen molar-refractivity contribution in [1.82, 2.24) is 9.88 Å². The number of carboxylic acid groups (broad SMARTS) is 1. The lowest BCUT2D eigenvalue weighted by molar-refractivity contribution is -0.143. The van der Waals surface area contributed by atoms with Gasteiger partial charge in [0.05, 0.1) is 0 Å².